The molecule has 0 saturated heterocycles. The van der Waals surface area contributed by atoms with Gasteiger partial charge in [-0.25, -0.2) is 12.8 Å². The lowest BCUT2D eigenvalue weighted by Crippen LogP contribution is -2.40. The molecular weight excluding hydrogens is 423 g/mol. The highest BCUT2D eigenvalue weighted by molar-refractivity contribution is 7.88. The van der Waals surface area contributed by atoms with Crippen LogP contribution >= 0.6 is 0 Å². The molecule has 2 aromatic carbocycles. The smallest absolute Gasteiger partial charge is 0.246 e. The molecule has 31 heavy (non-hydrogen) atoms. The zero-order valence-corrected chi connectivity index (χ0v) is 18.3. The van der Waals surface area contributed by atoms with Gasteiger partial charge in [-0.2, -0.15) is 9.29 Å². The van der Waals surface area contributed by atoms with E-state index >= 15 is 0 Å². The number of aromatic nitrogens is 2. The number of sulfonamides is 1. The molecule has 0 N–H and O–H groups in total. The van der Waals surface area contributed by atoms with Gasteiger partial charge in [0.15, 0.2) is 0 Å². The van der Waals surface area contributed by atoms with Crippen LogP contribution in [0, 0.1) is 12.7 Å². The summed E-state index contributed by atoms with van der Waals surface area (Å²) in [6.07, 6.45) is 0.979. The molecule has 1 heterocycles. The molecule has 0 atom stereocenters. The highest BCUT2D eigenvalue weighted by Crippen LogP contribution is 2.18. The largest absolute Gasteiger partial charge is 0.337 e. The van der Waals surface area contributed by atoms with Gasteiger partial charge in [0.05, 0.1) is 19.3 Å². The van der Waals surface area contributed by atoms with Crippen LogP contribution < -0.4 is 0 Å². The Bertz CT molecular complexity index is 1180. The van der Waals surface area contributed by atoms with Crippen molar-refractivity contribution < 1.29 is 22.1 Å². The van der Waals surface area contributed by atoms with Crippen molar-refractivity contribution in [1.29, 1.82) is 0 Å². The molecule has 0 bridgehead atoms. The molecule has 0 spiro atoms. The van der Waals surface area contributed by atoms with E-state index in [4.69, 9.17) is 4.52 Å². The van der Waals surface area contributed by atoms with Crippen LogP contribution in [0.5, 0.6) is 0 Å². The summed E-state index contributed by atoms with van der Waals surface area (Å²) in [4.78, 5) is 18.2. The van der Waals surface area contributed by atoms with Crippen LogP contribution in [0.4, 0.5) is 4.39 Å². The third kappa shape index (κ3) is 5.96. The van der Waals surface area contributed by atoms with E-state index in [9.17, 15) is 17.6 Å². The Hall–Kier alpha value is -3.11. The first-order valence-electron chi connectivity index (χ1n) is 9.45. The third-order valence-corrected chi connectivity index (χ3v) is 5.82. The first-order chi connectivity index (χ1) is 14.6. The second-order valence-corrected chi connectivity index (χ2v) is 9.24. The third-order valence-electron chi connectivity index (χ3n) is 4.63. The molecule has 1 aromatic heterocycles. The molecule has 3 rings (SSSR count). The second-order valence-electron chi connectivity index (χ2n) is 7.25. The number of nitrogens with zero attached hydrogens (tertiary/aromatic N) is 4. The fraction of sp³-hybridized carbons (Fsp3) is 0.286. The van der Waals surface area contributed by atoms with Crippen LogP contribution in [0.25, 0.3) is 11.4 Å². The zero-order chi connectivity index (χ0) is 22.6. The quantitative estimate of drug-likeness (QED) is 0.528. The van der Waals surface area contributed by atoms with Crippen molar-refractivity contribution in [2.75, 3.05) is 19.8 Å². The molecule has 0 fully saturated rings. The van der Waals surface area contributed by atoms with E-state index < -0.39 is 28.3 Å². The normalized spacial score (nSPS) is 11.6. The molecule has 0 radical (unpaired) electrons. The number of carbonyl (C=O) groups excluding carboxylic acids is 1. The van der Waals surface area contributed by atoms with Gasteiger partial charge in [0.2, 0.25) is 27.6 Å². The number of aryl methyl sites for hydroxylation is 1. The van der Waals surface area contributed by atoms with E-state index in [1.54, 1.807) is 6.07 Å². The lowest BCUT2D eigenvalue weighted by atomic mass is 10.1. The number of rotatable bonds is 8. The number of benzene rings is 2. The van der Waals surface area contributed by atoms with Crippen LogP contribution in [-0.2, 0) is 27.9 Å². The van der Waals surface area contributed by atoms with E-state index in [0.29, 0.717) is 5.82 Å². The van der Waals surface area contributed by atoms with Crippen molar-refractivity contribution in [3.63, 3.8) is 0 Å². The maximum atomic E-state index is 13.9. The van der Waals surface area contributed by atoms with Crippen LogP contribution in [0.2, 0.25) is 0 Å². The molecular formula is C21H23FN4O4S. The lowest BCUT2D eigenvalue weighted by molar-refractivity contribution is -0.131. The predicted octanol–water partition coefficient (Wildman–Crippen LogP) is 2.60. The number of hydrogen-bond acceptors (Lipinski definition) is 6. The van der Waals surface area contributed by atoms with Crippen LogP contribution in [0.3, 0.4) is 0 Å². The summed E-state index contributed by atoms with van der Waals surface area (Å²) in [7, 11) is -2.25. The fourth-order valence-electron chi connectivity index (χ4n) is 2.89. The monoisotopic (exact) mass is 446 g/mol. The van der Waals surface area contributed by atoms with Gasteiger partial charge in [0.25, 0.3) is 0 Å². The van der Waals surface area contributed by atoms with Gasteiger partial charge in [-0.05, 0) is 19.1 Å². The molecule has 1 amide bonds. The summed E-state index contributed by atoms with van der Waals surface area (Å²) in [6, 6.07) is 13.4. The van der Waals surface area contributed by atoms with Gasteiger partial charge >= 0.3 is 0 Å². The first kappa shape index (κ1) is 22.6. The number of carbonyl (C=O) groups is 1. The Kier molecular flexibility index (Phi) is 6.81. The van der Waals surface area contributed by atoms with Crippen molar-refractivity contribution in [2.24, 2.45) is 0 Å². The molecule has 0 aliphatic heterocycles. The molecule has 0 unspecified atom stereocenters. The summed E-state index contributed by atoms with van der Waals surface area (Å²) >= 11 is 0. The summed E-state index contributed by atoms with van der Waals surface area (Å²) in [5, 5.41) is 3.93. The van der Waals surface area contributed by atoms with Crippen LogP contribution in [-0.4, -0.2) is 53.5 Å². The average Bonchev–Trinajstić information content (AvgIpc) is 3.16. The minimum absolute atomic E-state index is 0.00888. The SMILES string of the molecule is Cc1cccc(-c2noc(CN(C)C(=O)CN(Cc3ccccc3F)S(C)(=O)=O)n2)c1. The highest BCUT2D eigenvalue weighted by atomic mass is 32.2. The van der Waals surface area contributed by atoms with E-state index in [2.05, 4.69) is 10.1 Å². The molecule has 0 saturated carbocycles. The Labute approximate surface area is 180 Å². The number of amides is 1. The molecule has 0 aliphatic carbocycles. The number of hydrogen-bond donors (Lipinski definition) is 0. The average molecular weight is 447 g/mol. The van der Waals surface area contributed by atoms with Crippen molar-refractivity contribution in [3.05, 3.63) is 71.4 Å². The Morgan fingerprint density at radius 2 is 1.87 bits per heavy atom. The van der Waals surface area contributed by atoms with E-state index in [-0.39, 0.29) is 24.5 Å². The van der Waals surface area contributed by atoms with Crippen molar-refractivity contribution in [3.8, 4) is 11.4 Å². The molecule has 164 valence electrons. The van der Waals surface area contributed by atoms with Gasteiger partial charge in [-0.15, -0.1) is 0 Å². The van der Waals surface area contributed by atoms with E-state index in [1.165, 1.54) is 30.1 Å². The van der Waals surface area contributed by atoms with Gasteiger partial charge in [-0.3, -0.25) is 4.79 Å². The fourth-order valence-corrected chi connectivity index (χ4v) is 3.61. The molecule has 0 aliphatic rings. The van der Waals surface area contributed by atoms with Crippen molar-refractivity contribution >= 4 is 15.9 Å². The van der Waals surface area contributed by atoms with Crippen molar-refractivity contribution in [2.45, 2.75) is 20.0 Å². The topological polar surface area (TPSA) is 96.6 Å². The molecule has 10 heteroatoms. The van der Waals surface area contributed by atoms with E-state index in [1.807, 2.05) is 31.2 Å². The summed E-state index contributed by atoms with van der Waals surface area (Å²) < 4.78 is 44.4. The van der Waals surface area contributed by atoms with Crippen LogP contribution in [0.15, 0.2) is 53.1 Å². The van der Waals surface area contributed by atoms with Crippen LogP contribution in [0.1, 0.15) is 17.0 Å². The standard InChI is InChI=1S/C21H23FN4O4S/c1-15-7-6-9-16(11-15)21-23-19(30-24-21)13-25(2)20(27)14-26(31(3,28)29)12-17-8-4-5-10-18(17)22/h4-11H,12-14H2,1-3H3. The Morgan fingerprint density at radius 3 is 2.55 bits per heavy atom. The maximum absolute atomic E-state index is 13.9. The second kappa shape index (κ2) is 9.36. The Morgan fingerprint density at radius 1 is 1.13 bits per heavy atom. The summed E-state index contributed by atoms with van der Waals surface area (Å²) in [5.74, 6) is -0.409. The molecule has 3 aromatic rings. The molecule has 8 nitrogen and oxygen atoms in total. The minimum Gasteiger partial charge on any atom is -0.337 e. The van der Waals surface area contributed by atoms with Gasteiger partial charge in [0.1, 0.15) is 5.82 Å². The Balaban J connectivity index is 1.68. The van der Waals surface area contributed by atoms with E-state index in [0.717, 1.165) is 21.7 Å². The highest BCUT2D eigenvalue weighted by Gasteiger charge is 2.24. The first-order valence-corrected chi connectivity index (χ1v) is 11.3. The lowest BCUT2D eigenvalue weighted by Gasteiger charge is -2.23. The maximum Gasteiger partial charge on any atom is 0.246 e. The number of likely N-dealkylation sites (N-methyl/N-ethyl adjacent to an activating group) is 1. The van der Waals surface area contributed by atoms with Gasteiger partial charge in [-0.1, -0.05) is 47.1 Å². The predicted molar refractivity (Wildman–Crippen MR) is 113 cm³/mol. The minimum atomic E-state index is -3.75. The summed E-state index contributed by atoms with van der Waals surface area (Å²) in [6.45, 7) is 1.27. The number of halogens is 1. The van der Waals surface area contributed by atoms with Gasteiger partial charge in [0, 0.05) is 24.7 Å². The van der Waals surface area contributed by atoms with Gasteiger partial charge < -0.3 is 9.42 Å². The van der Waals surface area contributed by atoms with Crippen molar-refractivity contribution in [1.82, 2.24) is 19.3 Å². The summed E-state index contributed by atoms with van der Waals surface area (Å²) in [5.41, 5.74) is 2.02. The zero-order valence-electron chi connectivity index (χ0n) is 17.4.